The summed E-state index contributed by atoms with van der Waals surface area (Å²) in [4.78, 5) is 10.9. The number of carbonyl (C=O) groups is 1. The van der Waals surface area contributed by atoms with Gasteiger partial charge in [-0.15, -0.1) is 0 Å². The van der Waals surface area contributed by atoms with E-state index in [0.717, 1.165) is 5.56 Å². The van der Waals surface area contributed by atoms with E-state index in [-0.39, 0.29) is 0 Å². The Balaban J connectivity index is 1.64. The lowest BCUT2D eigenvalue weighted by molar-refractivity contribution is 0.0640. The van der Waals surface area contributed by atoms with E-state index in [9.17, 15) is 4.79 Å². The number of ether oxygens (including phenoxy) is 6. The number of primary amides is 1. The number of rotatable bonds is 2. The number of fused-ring (bicyclic) bond motifs is 2. The van der Waals surface area contributed by atoms with Gasteiger partial charge in [-0.05, 0) is 37.3 Å². The summed E-state index contributed by atoms with van der Waals surface area (Å²) in [6, 6.07) is 12.1. The summed E-state index contributed by atoms with van der Waals surface area (Å²) in [7, 11) is 0. The molecule has 0 radical (unpaired) electrons. The molecular formula is C23H29N3O7. The van der Waals surface area contributed by atoms with Crippen molar-refractivity contribution in [2.75, 3.05) is 52.9 Å². The van der Waals surface area contributed by atoms with Crippen LogP contribution in [0.5, 0.6) is 23.0 Å². The number of carbonyl (C=O) groups excluding carboxylic acids is 1. The Bertz CT molecular complexity index is 936. The maximum atomic E-state index is 10.9. The van der Waals surface area contributed by atoms with Crippen molar-refractivity contribution >= 4 is 11.7 Å². The molecule has 0 saturated heterocycles. The Morgan fingerprint density at radius 1 is 0.758 bits per heavy atom. The third-order valence-corrected chi connectivity index (χ3v) is 4.49. The van der Waals surface area contributed by atoms with E-state index < -0.39 is 6.03 Å². The number of hydrazone groups is 1. The number of nitrogens with two attached hydrogens (primary N) is 1. The second-order valence-electron chi connectivity index (χ2n) is 6.90. The van der Waals surface area contributed by atoms with Gasteiger partial charge in [-0.25, -0.2) is 10.2 Å². The minimum absolute atomic E-state index is 0.311. The van der Waals surface area contributed by atoms with Crippen LogP contribution >= 0.6 is 0 Å². The zero-order valence-corrected chi connectivity index (χ0v) is 18.6. The number of benzene rings is 2. The summed E-state index contributed by atoms with van der Waals surface area (Å²) in [6.45, 7) is 4.71. The van der Waals surface area contributed by atoms with Crippen LogP contribution < -0.4 is 30.1 Å². The van der Waals surface area contributed by atoms with Crippen LogP contribution in [0.3, 0.4) is 0 Å². The normalized spacial score (nSPS) is 16.2. The molecule has 1 heterocycles. The Labute approximate surface area is 192 Å². The second-order valence-corrected chi connectivity index (χ2v) is 6.90. The van der Waals surface area contributed by atoms with Crippen LogP contribution in [-0.4, -0.2) is 64.6 Å². The van der Waals surface area contributed by atoms with Crippen molar-refractivity contribution in [1.29, 1.82) is 0 Å². The van der Waals surface area contributed by atoms with E-state index in [0.29, 0.717) is 81.6 Å². The van der Waals surface area contributed by atoms with Crippen LogP contribution in [0.2, 0.25) is 0 Å². The summed E-state index contributed by atoms with van der Waals surface area (Å²) >= 11 is 0. The van der Waals surface area contributed by atoms with Gasteiger partial charge >= 0.3 is 6.03 Å². The van der Waals surface area contributed by atoms with Crippen molar-refractivity contribution in [1.82, 2.24) is 5.43 Å². The number of amides is 2. The summed E-state index contributed by atoms with van der Waals surface area (Å²) in [5.74, 6) is 2.41. The average Bonchev–Trinajstić information content (AvgIpc) is 2.82. The van der Waals surface area contributed by atoms with E-state index in [1.807, 2.05) is 30.3 Å². The van der Waals surface area contributed by atoms with Crippen LogP contribution in [0, 0.1) is 0 Å². The van der Waals surface area contributed by atoms with Gasteiger partial charge in [0.25, 0.3) is 0 Å². The highest BCUT2D eigenvalue weighted by Gasteiger charge is 2.10. The third-order valence-electron chi connectivity index (χ3n) is 4.49. The molecule has 2 aromatic rings. The predicted octanol–water partition coefficient (Wildman–Crippen LogP) is 2.34. The molecule has 3 rings (SSSR count). The Kier molecular flexibility index (Phi) is 9.62. The van der Waals surface area contributed by atoms with Gasteiger partial charge in [0.1, 0.15) is 26.4 Å². The van der Waals surface area contributed by atoms with Gasteiger partial charge in [0, 0.05) is 5.56 Å². The van der Waals surface area contributed by atoms with Crippen LogP contribution in [0.15, 0.2) is 47.6 Å². The second kappa shape index (κ2) is 13.1. The molecule has 1 aliphatic rings. The molecule has 0 aliphatic carbocycles. The first-order valence-corrected chi connectivity index (χ1v) is 10.6. The summed E-state index contributed by atoms with van der Waals surface area (Å²) in [5.41, 5.74) is 8.60. The fraction of sp³-hybridized carbons (Fsp3) is 0.391. The van der Waals surface area contributed by atoms with Gasteiger partial charge in [0.05, 0.1) is 32.1 Å². The van der Waals surface area contributed by atoms with Gasteiger partial charge in [-0.2, -0.15) is 5.10 Å². The van der Waals surface area contributed by atoms with Crippen LogP contribution in [0.4, 0.5) is 4.79 Å². The minimum atomic E-state index is -0.736. The number of hydrogen-bond acceptors (Lipinski definition) is 8. The molecule has 0 aromatic heterocycles. The van der Waals surface area contributed by atoms with Crippen LogP contribution in [-0.2, 0) is 9.47 Å². The quantitative estimate of drug-likeness (QED) is 0.522. The van der Waals surface area contributed by atoms with Crippen LogP contribution in [0.25, 0.3) is 0 Å². The van der Waals surface area contributed by atoms with E-state index in [1.165, 1.54) is 0 Å². The van der Waals surface area contributed by atoms with Crippen molar-refractivity contribution in [2.45, 2.75) is 6.92 Å². The number of nitrogens with zero attached hydrogens (tertiary/aromatic N) is 1. The molecule has 0 bridgehead atoms. The van der Waals surface area contributed by atoms with Gasteiger partial charge in [0.15, 0.2) is 23.0 Å². The molecule has 0 fully saturated rings. The topological polar surface area (TPSA) is 123 Å². The zero-order chi connectivity index (χ0) is 23.3. The van der Waals surface area contributed by atoms with Crippen molar-refractivity contribution in [3.63, 3.8) is 0 Å². The molecule has 0 atom stereocenters. The highest BCUT2D eigenvalue weighted by molar-refractivity contribution is 5.99. The maximum Gasteiger partial charge on any atom is 0.332 e. The van der Waals surface area contributed by atoms with E-state index in [2.05, 4.69) is 10.5 Å². The molecule has 2 amide bonds. The van der Waals surface area contributed by atoms with E-state index in [4.69, 9.17) is 34.2 Å². The lowest BCUT2D eigenvalue weighted by atomic mass is 10.1. The number of hydrogen-bond donors (Lipinski definition) is 2. The summed E-state index contributed by atoms with van der Waals surface area (Å²) in [6.07, 6.45) is 0. The Morgan fingerprint density at radius 2 is 1.24 bits per heavy atom. The first-order valence-electron chi connectivity index (χ1n) is 10.6. The smallest absolute Gasteiger partial charge is 0.332 e. The fourth-order valence-corrected chi connectivity index (χ4v) is 2.90. The Morgan fingerprint density at radius 3 is 1.76 bits per heavy atom. The molecule has 0 saturated carbocycles. The molecule has 178 valence electrons. The Hall–Kier alpha value is -3.50. The SMILES string of the molecule is C/C(=N\NC(N)=O)c1ccc2c(c1)OCCOCCOc1ccccc1OCCOCCO2. The van der Waals surface area contributed by atoms with Crippen molar-refractivity contribution < 1.29 is 33.2 Å². The van der Waals surface area contributed by atoms with Gasteiger partial charge < -0.3 is 34.2 Å². The molecule has 2 aromatic carbocycles. The average molecular weight is 459 g/mol. The molecule has 1 aliphatic heterocycles. The van der Waals surface area contributed by atoms with Gasteiger partial charge in [-0.3, -0.25) is 0 Å². The standard InChI is InChI=1S/C23H29N3O7/c1-17(25-26-23(24)27)18-6-7-21-22(16-18)33-15-11-29-9-13-31-20-5-3-2-4-19(20)30-12-8-28-10-14-32-21/h2-7,16H,8-15H2,1H3,(H3,24,26,27)/b25-17+. The maximum absolute atomic E-state index is 10.9. The summed E-state index contributed by atoms with van der Waals surface area (Å²) in [5, 5.41) is 3.95. The first kappa shape index (κ1) is 24.1. The minimum Gasteiger partial charge on any atom is -0.487 e. The van der Waals surface area contributed by atoms with Crippen LogP contribution in [0.1, 0.15) is 12.5 Å². The number of urea groups is 1. The fourth-order valence-electron chi connectivity index (χ4n) is 2.90. The number of nitrogens with one attached hydrogen (secondary N) is 1. The molecule has 10 heteroatoms. The predicted molar refractivity (Wildman–Crippen MR) is 121 cm³/mol. The molecule has 10 nitrogen and oxygen atoms in total. The molecule has 3 N–H and O–H groups in total. The van der Waals surface area contributed by atoms with E-state index >= 15 is 0 Å². The highest BCUT2D eigenvalue weighted by atomic mass is 16.6. The summed E-state index contributed by atoms with van der Waals surface area (Å²) < 4.78 is 34.5. The highest BCUT2D eigenvalue weighted by Crippen LogP contribution is 2.29. The molecule has 33 heavy (non-hydrogen) atoms. The molecule has 0 unspecified atom stereocenters. The third kappa shape index (κ3) is 8.17. The molecular weight excluding hydrogens is 430 g/mol. The monoisotopic (exact) mass is 459 g/mol. The van der Waals surface area contributed by atoms with Gasteiger partial charge in [0.2, 0.25) is 0 Å². The lowest BCUT2D eigenvalue weighted by Gasteiger charge is -2.16. The number of para-hydroxylation sites is 2. The largest absolute Gasteiger partial charge is 0.487 e. The van der Waals surface area contributed by atoms with Gasteiger partial charge in [-0.1, -0.05) is 12.1 Å². The van der Waals surface area contributed by atoms with Crippen molar-refractivity contribution in [3.8, 4) is 23.0 Å². The zero-order valence-electron chi connectivity index (χ0n) is 18.6. The van der Waals surface area contributed by atoms with E-state index in [1.54, 1.807) is 19.1 Å². The van der Waals surface area contributed by atoms with Crippen molar-refractivity contribution in [3.05, 3.63) is 48.0 Å². The molecule has 0 spiro atoms. The lowest BCUT2D eigenvalue weighted by Crippen LogP contribution is -2.25. The van der Waals surface area contributed by atoms with Crippen molar-refractivity contribution in [2.24, 2.45) is 10.8 Å². The first-order chi connectivity index (χ1) is 16.1.